The number of H-pyrrole nitrogens is 1. The maximum Gasteiger partial charge on any atom is 0.356 e. The highest BCUT2D eigenvalue weighted by molar-refractivity contribution is 7.86. The van der Waals surface area contributed by atoms with E-state index >= 15 is 0 Å². The van der Waals surface area contributed by atoms with Crippen LogP contribution in [0.3, 0.4) is 0 Å². The van der Waals surface area contributed by atoms with Crippen LogP contribution in [-0.4, -0.2) is 71.6 Å². The predicted octanol–water partition coefficient (Wildman–Crippen LogP) is 5.08. The smallest absolute Gasteiger partial charge is 0.356 e. The van der Waals surface area contributed by atoms with Gasteiger partial charge in [-0.05, 0) is 50.9 Å². The van der Waals surface area contributed by atoms with E-state index in [0.29, 0.717) is 38.3 Å². The topological polar surface area (TPSA) is 194 Å². The van der Waals surface area contributed by atoms with Gasteiger partial charge >= 0.3 is 5.97 Å². The largest absolute Gasteiger partial charge is 1.00 e. The van der Waals surface area contributed by atoms with Crippen molar-refractivity contribution in [2.45, 2.75) is 29.5 Å². The first-order valence-electron chi connectivity index (χ1n) is 23.3. The summed E-state index contributed by atoms with van der Waals surface area (Å²) in [6, 6.07) is 51.4. The molecule has 0 radical (unpaired) electrons. The quantitative estimate of drug-likeness (QED) is 0.0110. The fourth-order valence-electron chi connectivity index (χ4n) is 9.34. The maximum absolute atomic E-state index is 14.9. The number of carbonyl (C=O) groups is 3. The number of rotatable bonds is 17. The summed E-state index contributed by atoms with van der Waals surface area (Å²) >= 11 is 1.24. The Morgan fingerprint density at radius 2 is 1.41 bits per heavy atom. The summed E-state index contributed by atoms with van der Waals surface area (Å²) in [5, 5.41) is 33.5. The molecule has 0 aliphatic carbocycles. The van der Waals surface area contributed by atoms with E-state index in [-0.39, 0.29) is 71.4 Å². The molecule has 4 heterocycles. The van der Waals surface area contributed by atoms with Crippen LogP contribution < -0.4 is 39.6 Å². The molecule has 0 bridgehead atoms. The zero-order valence-electron chi connectivity index (χ0n) is 39.3. The molecule has 2 unspecified atom stereocenters. The molecule has 372 valence electrons. The van der Waals surface area contributed by atoms with Gasteiger partial charge in [0.25, 0.3) is 11.8 Å². The van der Waals surface area contributed by atoms with Crippen molar-refractivity contribution in [3.05, 3.63) is 245 Å². The summed E-state index contributed by atoms with van der Waals surface area (Å²) in [6.07, 6.45) is 2.19. The molecule has 14 nitrogen and oxygen atoms in total. The van der Waals surface area contributed by atoms with E-state index in [2.05, 4.69) is 27.4 Å². The molecular formula is C57H47IN6O8S2. The highest BCUT2D eigenvalue weighted by Crippen LogP contribution is 2.42. The zero-order valence-corrected chi connectivity index (χ0v) is 43.1. The van der Waals surface area contributed by atoms with E-state index in [1.807, 2.05) is 152 Å². The van der Waals surface area contributed by atoms with Gasteiger partial charge in [0.1, 0.15) is 35.0 Å². The standard InChI is InChI=1S/C57H46N6O8S2.HI/c1-2-30-70-62-48(45-34-72-56(59-45)61-57(40-22-12-5-13-23-40,41-24-14-6-15-25-41)42-26-16-7-17-27-42)52(66)60-49-53(67)63-50(55(68)71-51(36-18-8-3-9-19-36)37-20-10-4-11-21-37)39(35-73(69)54(49)63)31-44-43-33-47(65)46(64)32-38(43)28-29-58-44;/h2-29,32-34,49,51,54,64-65H,1,30-31,35H2,(H,59,61)(H,60,66);1H/t49?,54-,73?;/m1./s1. The summed E-state index contributed by atoms with van der Waals surface area (Å²) in [6.45, 7) is 3.65. The van der Waals surface area contributed by atoms with Crippen molar-refractivity contribution in [2.75, 3.05) is 17.7 Å². The van der Waals surface area contributed by atoms with Crippen LogP contribution in [-0.2, 0) is 46.7 Å². The molecule has 5 N–H and O–H groups in total. The summed E-state index contributed by atoms with van der Waals surface area (Å²) in [4.78, 5) is 58.8. The first-order chi connectivity index (χ1) is 35.6. The van der Waals surface area contributed by atoms with Crippen LogP contribution >= 0.6 is 11.3 Å². The monoisotopic (exact) mass is 1130 g/mol. The molecular weight excluding hydrogens is 1090 g/mol. The highest BCUT2D eigenvalue weighted by atomic mass is 127. The number of nitrogens with one attached hydrogen (secondary N) is 3. The fourth-order valence-corrected chi connectivity index (χ4v) is 11.8. The van der Waals surface area contributed by atoms with E-state index in [0.717, 1.165) is 21.6 Å². The lowest BCUT2D eigenvalue weighted by atomic mass is 9.77. The number of hydrogen-bond acceptors (Lipinski definition) is 12. The van der Waals surface area contributed by atoms with Gasteiger partial charge in [0, 0.05) is 17.2 Å². The number of phenols is 2. The number of anilines is 1. The van der Waals surface area contributed by atoms with Crippen LogP contribution in [0.4, 0.5) is 5.13 Å². The van der Waals surface area contributed by atoms with E-state index in [4.69, 9.17) is 14.6 Å². The third kappa shape index (κ3) is 10.0. The first-order valence-corrected chi connectivity index (χ1v) is 25.5. The average Bonchev–Trinajstić information content (AvgIpc) is 3.89. The zero-order chi connectivity index (χ0) is 50.5. The highest BCUT2D eigenvalue weighted by Gasteiger charge is 2.58. The summed E-state index contributed by atoms with van der Waals surface area (Å²) in [5.74, 6) is -3.25. The van der Waals surface area contributed by atoms with Crippen LogP contribution in [0, 0.1) is 0 Å². The summed E-state index contributed by atoms with van der Waals surface area (Å²) < 4.78 is 20.9. The molecule has 0 saturated carbocycles. The number of thiazole rings is 1. The Kier molecular flexibility index (Phi) is 15.4. The van der Waals surface area contributed by atoms with Crippen molar-refractivity contribution in [2.24, 2.45) is 5.16 Å². The second kappa shape index (κ2) is 22.4. The van der Waals surface area contributed by atoms with Crippen molar-refractivity contribution in [1.82, 2.24) is 15.2 Å². The van der Waals surface area contributed by atoms with Gasteiger partial charge in [-0.1, -0.05) is 169 Å². The summed E-state index contributed by atoms with van der Waals surface area (Å²) in [7, 11) is -1.88. The number of benzene rings is 6. The van der Waals surface area contributed by atoms with E-state index in [1.165, 1.54) is 29.5 Å². The number of β-lactam (4-membered cyclic amide) rings is 1. The molecule has 1 saturated heterocycles. The Morgan fingerprint density at radius 3 is 1.97 bits per heavy atom. The minimum absolute atomic E-state index is 0. The van der Waals surface area contributed by atoms with Gasteiger partial charge in [0.2, 0.25) is 0 Å². The van der Waals surface area contributed by atoms with Gasteiger partial charge in [0.15, 0.2) is 40.3 Å². The number of phenolic OH excluding ortho intramolecular Hbond substituents is 2. The Bertz CT molecular complexity index is 3300. The molecule has 17 heteroatoms. The average molecular weight is 1140 g/mol. The number of fused-ring (bicyclic) bond motifs is 2. The minimum Gasteiger partial charge on any atom is -1.00 e. The molecule has 2 aromatic heterocycles. The number of halogens is 1. The van der Waals surface area contributed by atoms with E-state index in [9.17, 15) is 28.8 Å². The summed E-state index contributed by atoms with van der Waals surface area (Å²) in [5.41, 5.74) is 3.80. The Morgan fingerprint density at radius 1 is 0.851 bits per heavy atom. The van der Waals surface area contributed by atoms with E-state index < -0.39 is 51.6 Å². The Labute approximate surface area is 449 Å². The molecule has 74 heavy (non-hydrogen) atoms. The number of aromatic amines is 1. The number of pyridine rings is 1. The number of aromatic nitrogens is 2. The van der Waals surface area contributed by atoms with Gasteiger partial charge in [-0.3, -0.25) is 18.7 Å². The number of amides is 2. The molecule has 2 aliphatic heterocycles. The third-order valence-corrected chi connectivity index (χ3v) is 15.1. The van der Waals surface area contributed by atoms with E-state index in [1.54, 1.807) is 17.6 Å². The molecule has 3 atom stereocenters. The van der Waals surface area contributed by atoms with Crippen molar-refractivity contribution in [3.8, 4) is 11.5 Å². The first kappa shape index (κ1) is 50.9. The number of carbonyl (C=O) groups excluding carboxylic acids is 3. The number of oxime groups is 1. The van der Waals surface area contributed by atoms with Gasteiger partial charge < -0.3 is 54.4 Å². The molecule has 2 amide bonds. The number of ether oxygens (including phenoxy) is 1. The van der Waals surface area contributed by atoms with Gasteiger partial charge in [-0.15, -0.1) is 11.3 Å². The molecule has 10 rings (SSSR count). The number of aromatic hydroxyl groups is 2. The second-order valence-corrected chi connectivity index (χ2v) is 19.6. The normalized spacial score (nSPS) is 16.4. The van der Waals surface area contributed by atoms with Crippen molar-refractivity contribution in [1.29, 1.82) is 0 Å². The van der Waals surface area contributed by atoms with Crippen molar-refractivity contribution < 1.29 is 67.3 Å². The van der Waals surface area contributed by atoms with Crippen molar-refractivity contribution >= 4 is 61.5 Å². The van der Waals surface area contributed by atoms with Crippen LogP contribution in [0.1, 0.15) is 45.3 Å². The lowest BCUT2D eigenvalue weighted by molar-refractivity contribution is -0.387. The van der Waals surface area contributed by atoms with Crippen LogP contribution in [0.25, 0.3) is 10.8 Å². The predicted molar refractivity (Wildman–Crippen MR) is 279 cm³/mol. The molecule has 2 aliphatic rings. The van der Waals surface area contributed by atoms with Gasteiger partial charge in [-0.25, -0.2) is 14.8 Å². The lowest BCUT2D eigenvalue weighted by Gasteiger charge is -2.49. The molecule has 6 aromatic carbocycles. The SMILES string of the molecule is C=CCON=C(C(=O)NC1C(=O)N2C(C(=O)OC(c3ccccc3)c3ccccc3)=C(Cc3[nH+]ccc4cc(O)c(O)cc34)CS(=O)[C@H]12)c1csc(NC(c2ccccc2)(c2ccccc2)c2ccccc2)n1.[I-]. The second-order valence-electron chi connectivity index (χ2n) is 17.2. The maximum atomic E-state index is 14.9. The Balaban J connectivity index is 0.00000672. The number of nitrogens with zero attached hydrogens (tertiary/aromatic N) is 3. The van der Waals surface area contributed by atoms with Crippen LogP contribution in [0.15, 0.2) is 211 Å². The third-order valence-electron chi connectivity index (χ3n) is 12.7. The van der Waals surface area contributed by atoms with Gasteiger partial charge in [0.05, 0.1) is 22.6 Å². The minimum atomic E-state index is -1.88. The number of hydrogen-bond donors (Lipinski definition) is 4. The Hall–Kier alpha value is -8.00. The van der Waals surface area contributed by atoms with Gasteiger partial charge in [-0.2, -0.15) is 0 Å². The lowest BCUT2D eigenvalue weighted by Crippen LogP contribution is -3.00. The van der Waals surface area contributed by atoms with Crippen LogP contribution in [0.2, 0.25) is 0 Å². The van der Waals surface area contributed by atoms with Crippen molar-refractivity contribution in [3.63, 3.8) is 0 Å². The molecule has 8 aromatic rings. The number of esters is 1. The van der Waals surface area contributed by atoms with Crippen LogP contribution in [0.5, 0.6) is 11.5 Å². The molecule has 0 spiro atoms. The fraction of sp³-hybridized carbons (Fsp3) is 0.123. The molecule has 1 fully saturated rings.